The molecule has 1 aliphatic rings. The number of rotatable bonds is 27. The van der Waals surface area contributed by atoms with Crippen molar-refractivity contribution in [2.45, 2.75) is 83.8 Å². The van der Waals surface area contributed by atoms with Crippen LogP contribution in [0, 0.1) is 0 Å². The van der Waals surface area contributed by atoms with E-state index in [-0.39, 0.29) is 129 Å². The molecule has 0 bridgehead atoms. The molecule has 9 N–H and O–H groups in total. The number of nitrogens with zero attached hydrogens (tertiary/aromatic N) is 6. The predicted octanol–water partition coefficient (Wildman–Crippen LogP) is 0.202. The van der Waals surface area contributed by atoms with E-state index >= 15 is 0 Å². The Morgan fingerprint density at radius 3 is 1.52 bits per heavy atom. The van der Waals surface area contributed by atoms with Crippen LogP contribution >= 0.6 is 15.9 Å². The van der Waals surface area contributed by atoms with Crippen LogP contribution in [-0.2, 0) is 44.9 Å². The van der Waals surface area contributed by atoms with Gasteiger partial charge < -0.3 is 51.5 Å². The monoisotopic (exact) mass is 1000 g/mol. The molecule has 1 aromatic rings. The molecule has 4 amide bonds. The topological polar surface area (TPSA) is 340 Å². The fourth-order valence-electron chi connectivity index (χ4n) is 6.64. The standard InChI is InChI=1S/C39H60BrN9O15.C2H6/c40-30-9-7-27(21-42-30)22-49(12-4-2-5-28(37(60)61)43-39(64)44-29(38(62)63)8-10-33(52)53)32(51)6-1-3-11-41-31(50)23-45-13-15-46(24-34(54)55)17-19-48(26-36(58)59)20-18-47(16-14-45)25-35(56)57;1-2/h7,9,21,28-29H,1-6,8,10-20,22-26H2,(H,41,50)(H,52,53)(H,54,55)(H,56,57)(H,58,59)(H,60,61)(H,62,63)(H2,43,44,64);1-2H3. The van der Waals surface area contributed by atoms with Gasteiger partial charge in [-0.1, -0.05) is 19.9 Å². The van der Waals surface area contributed by atoms with Gasteiger partial charge in [0.1, 0.15) is 16.7 Å². The highest BCUT2D eigenvalue weighted by atomic mass is 79.9. The van der Waals surface area contributed by atoms with Crippen LogP contribution in [-0.4, -0.2) is 217 Å². The maximum Gasteiger partial charge on any atom is 0.326 e. The third kappa shape index (κ3) is 27.1. The second kappa shape index (κ2) is 33.0. The van der Waals surface area contributed by atoms with Gasteiger partial charge in [-0.25, -0.2) is 19.4 Å². The average Bonchev–Trinajstić information content (AvgIpc) is 3.24. The second-order valence-electron chi connectivity index (χ2n) is 15.2. The Balaban J connectivity index is 0.0000107. The van der Waals surface area contributed by atoms with E-state index in [2.05, 4.69) is 36.9 Å². The zero-order valence-electron chi connectivity index (χ0n) is 37.6. The summed E-state index contributed by atoms with van der Waals surface area (Å²) in [5.74, 6) is -7.82. The van der Waals surface area contributed by atoms with E-state index in [0.29, 0.717) is 23.9 Å². The number of amides is 4. The maximum absolute atomic E-state index is 13.5. The summed E-state index contributed by atoms with van der Waals surface area (Å²) in [5, 5.41) is 63.2. The molecule has 2 rings (SSSR count). The first kappa shape index (κ1) is 58.5. The number of urea groups is 1. The van der Waals surface area contributed by atoms with Gasteiger partial charge in [-0.2, -0.15) is 0 Å². The molecule has 2 heterocycles. The number of halogens is 1. The summed E-state index contributed by atoms with van der Waals surface area (Å²) in [6, 6.07) is -0.515. The number of carbonyl (C=O) groups excluding carboxylic acids is 3. The summed E-state index contributed by atoms with van der Waals surface area (Å²) in [7, 11) is 0. The summed E-state index contributed by atoms with van der Waals surface area (Å²) >= 11 is 3.28. The van der Waals surface area contributed by atoms with E-state index in [9.17, 15) is 68.7 Å². The van der Waals surface area contributed by atoms with Gasteiger partial charge in [-0.05, 0) is 66.1 Å². The highest BCUT2D eigenvalue weighted by Gasteiger charge is 2.26. The molecular formula is C41H66BrN9O15. The molecule has 0 spiro atoms. The van der Waals surface area contributed by atoms with Crippen molar-refractivity contribution in [2.75, 3.05) is 91.6 Å². The first-order chi connectivity index (χ1) is 31.3. The minimum atomic E-state index is -1.55. The van der Waals surface area contributed by atoms with Gasteiger partial charge >= 0.3 is 41.8 Å². The number of nitrogens with one attached hydrogen (secondary N) is 3. The third-order valence-corrected chi connectivity index (χ3v) is 10.5. The lowest BCUT2D eigenvalue weighted by Gasteiger charge is -2.32. The summed E-state index contributed by atoms with van der Waals surface area (Å²) < 4.78 is 0.596. The predicted molar refractivity (Wildman–Crippen MR) is 239 cm³/mol. The van der Waals surface area contributed by atoms with Crippen molar-refractivity contribution < 1.29 is 73.8 Å². The number of pyridine rings is 1. The normalized spacial score (nSPS) is 15.3. The molecule has 0 saturated carbocycles. The molecule has 372 valence electrons. The summed E-state index contributed by atoms with van der Waals surface area (Å²) in [6.07, 6.45) is 2.20. The van der Waals surface area contributed by atoms with Crippen molar-refractivity contribution in [3.63, 3.8) is 0 Å². The molecule has 1 fully saturated rings. The largest absolute Gasteiger partial charge is 0.481 e. The minimum Gasteiger partial charge on any atom is -0.481 e. The van der Waals surface area contributed by atoms with Gasteiger partial charge in [-0.3, -0.25) is 48.4 Å². The summed E-state index contributed by atoms with van der Waals surface area (Å²) in [5.41, 5.74) is 0.737. The molecule has 2 unspecified atom stereocenters. The lowest BCUT2D eigenvalue weighted by atomic mass is 10.1. The van der Waals surface area contributed by atoms with Crippen molar-refractivity contribution in [2.24, 2.45) is 0 Å². The van der Waals surface area contributed by atoms with E-state index in [1.165, 1.54) is 0 Å². The highest BCUT2D eigenvalue weighted by molar-refractivity contribution is 9.10. The Morgan fingerprint density at radius 2 is 1.09 bits per heavy atom. The van der Waals surface area contributed by atoms with E-state index < -0.39 is 66.8 Å². The van der Waals surface area contributed by atoms with Crippen LogP contribution in [0.5, 0.6) is 0 Å². The number of hydrogen-bond donors (Lipinski definition) is 9. The van der Waals surface area contributed by atoms with Crippen LogP contribution in [0.2, 0.25) is 0 Å². The zero-order valence-corrected chi connectivity index (χ0v) is 39.2. The fraction of sp³-hybridized carbons (Fsp3) is 0.659. The average molecular weight is 1000 g/mol. The number of carboxylic acids is 6. The Labute approximate surface area is 391 Å². The number of carbonyl (C=O) groups is 9. The fourth-order valence-corrected chi connectivity index (χ4v) is 6.87. The number of unbranched alkanes of at least 4 members (excludes halogenated alkanes) is 2. The van der Waals surface area contributed by atoms with Crippen LogP contribution in [0.25, 0.3) is 0 Å². The van der Waals surface area contributed by atoms with E-state index in [4.69, 9.17) is 5.11 Å². The Hall–Kier alpha value is -5.50. The molecule has 0 aromatic carbocycles. The molecule has 1 aromatic heterocycles. The molecule has 2 atom stereocenters. The zero-order chi connectivity index (χ0) is 49.6. The lowest BCUT2D eigenvalue weighted by molar-refractivity contribution is -0.141. The Morgan fingerprint density at radius 1 is 0.621 bits per heavy atom. The SMILES string of the molecule is CC.O=C(O)CCC(NC(=O)NC(CCCCN(Cc1ccc(Br)nc1)C(=O)CCCCNC(=O)CN1CCN(CC(=O)O)CCN(CC(=O)O)CCN(CC(=O)O)CC1)C(=O)O)C(=O)O. The van der Waals surface area contributed by atoms with Crippen LogP contribution in [0.3, 0.4) is 0 Å². The lowest BCUT2D eigenvalue weighted by Crippen LogP contribution is -2.51. The molecule has 24 nitrogen and oxygen atoms in total. The van der Waals surface area contributed by atoms with Crippen molar-refractivity contribution >= 4 is 69.6 Å². The molecule has 0 radical (unpaired) electrons. The smallest absolute Gasteiger partial charge is 0.326 e. The third-order valence-electron chi connectivity index (χ3n) is 10.1. The number of carboxylic acid groups (broad SMARTS) is 6. The molecular weight excluding hydrogens is 938 g/mol. The van der Waals surface area contributed by atoms with Gasteiger partial charge in [0.2, 0.25) is 11.8 Å². The first-order valence-corrected chi connectivity index (χ1v) is 22.5. The molecule has 25 heteroatoms. The van der Waals surface area contributed by atoms with Crippen molar-refractivity contribution in [3.8, 4) is 0 Å². The number of aliphatic carboxylic acids is 6. The first-order valence-electron chi connectivity index (χ1n) is 21.7. The van der Waals surface area contributed by atoms with Gasteiger partial charge in [-0.15, -0.1) is 0 Å². The Bertz CT molecular complexity index is 1690. The van der Waals surface area contributed by atoms with Crippen LogP contribution < -0.4 is 16.0 Å². The molecule has 0 aliphatic carbocycles. The quantitative estimate of drug-likeness (QED) is 0.0420. The summed E-state index contributed by atoms with van der Waals surface area (Å²) in [6.45, 7) is 5.82. The van der Waals surface area contributed by atoms with E-state index in [0.717, 1.165) is 5.56 Å². The van der Waals surface area contributed by atoms with Crippen molar-refractivity contribution in [1.29, 1.82) is 0 Å². The number of aromatic nitrogens is 1. The highest BCUT2D eigenvalue weighted by Crippen LogP contribution is 2.13. The van der Waals surface area contributed by atoms with Crippen LogP contribution in [0.4, 0.5) is 4.79 Å². The molecule has 1 saturated heterocycles. The Kier molecular flexibility index (Phi) is 29.3. The van der Waals surface area contributed by atoms with E-state index in [1.54, 1.807) is 42.8 Å². The van der Waals surface area contributed by atoms with Crippen molar-refractivity contribution in [1.82, 2.24) is 45.4 Å². The van der Waals surface area contributed by atoms with Crippen molar-refractivity contribution in [3.05, 3.63) is 28.5 Å². The second-order valence-corrected chi connectivity index (χ2v) is 16.0. The van der Waals surface area contributed by atoms with Gasteiger partial charge in [0, 0.05) is 91.0 Å². The van der Waals surface area contributed by atoms with E-state index in [1.807, 2.05) is 13.8 Å². The minimum absolute atomic E-state index is 0.0524. The van der Waals surface area contributed by atoms with Crippen LogP contribution in [0.15, 0.2) is 22.9 Å². The van der Waals surface area contributed by atoms with Crippen LogP contribution in [0.1, 0.15) is 70.8 Å². The summed E-state index contributed by atoms with van der Waals surface area (Å²) in [4.78, 5) is 120. The maximum atomic E-state index is 13.5. The van der Waals surface area contributed by atoms with Gasteiger partial charge in [0.15, 0.2) is 0 Å². The molecule has 1 aliphatic heterocycles. The molecule has 66 heavy (non-hydrogen) atoms. The van der Waals surface area contributed by atoms with Gasteiger partial charge in [0.05, 0.1) is 26.2 Å². The number of hydrogen-bond acceptors (Lipinski definition) is 14. The van der Waals surface area contributed by atoms with Gasteiger partial charge in [0.25, 0.3) is 0 Å².